The lowest BCUT2D eigenvalue weighted by Gasteiger charge is -2.32. The van der Waals surface area contributed by atoms with E-state index in [0.717, 1.165) is 25.9 Å². The van der Waals surface area contributed by atoms with Gasteiger partial charge in [-0.1, -0.05) is 38.2 Å². The number of anilines is 1. The number of nitro benzene ring substituents is 1. The third kappa shape index (κ3) is 3.34. The number of hydrogen-bond donors (Lipinski definition) is 0. The number of amidine groups is 1. The third-order valence-electron chi connectivity index (χ3n) is 5.29. The summed E-state index contributed by atoms with van der Waals surface area (Å²) in [6.07, 6.45) is 1.81. The zero-order chi connectivity index (χ0) is 22.2. The van der Waals surface area contributed by atoms with Crippen LogP contribution in [-0.2, 0) is 10.6 Å². The minimum atomic E-state index is -1.46. The number of esters is 1. The number of thiocarbonyl (C=S) groups is 1. The van der Waals surface area contributed by atoms with Crippen LogP contribution < -0.4 is 4.90 Å². The van der Waals surface area contributed by atoms with Crippen molar-refractivity contribution in [1.29, 1.82) is 0 Å². The molecule has 2 aromatic carbocycles. The Morgan fingerprint density at radius 3 is 2.39 bits per heavy atom. The molecule has 8 nitrogen and oxygen atoms in total. The molecule has 9 heteroatoms. The third-order valence-corrected chi connectivity index (χ3v) is 5.66. The van der Waals surface area contributed by atoms with Crippen LogP contribution in [-0.4, -0.2) is 39.7 Å². The minimum Gasteiger partial charge on any atom is -0.409 e. The van der Waals surface area contributed by atoms with E-state index in [4.69, 9.17) is 21.9 Å². The Bertz CT molecular complexity index is 1080. The summed E-state index contributed by atoms with van der Waals surface area (Å²) >= 11 is 5.84. The summed E-state index contributed by atoms with van der Waals surface area (Å²) in [5.41, 5.74) is 1.56. The Labute approximate surface area is 185 Å². The Morgan fingerprint density at radius 2 is 1.77 bits per heavy atom. The highest BCUT2D eigenvalue weighted by atomic mass is 32.1. The van der Waals surface area contributed by atoms with E-state index in [9.17, 15) is 14.9 Å². The Kier molecular flexibility index (Phi) is 5.45. The molecule has 4 rings (SSSR count). The number of non-ortho nitro benzene ring substituents is 1. The van der Waals surface area contributed by atoms with Gasteiger partial charge in [0.05, 0.1) is 16.1 Å². The van der Waals surface area contributed by atoms with Crippen molar-refractivity contribution in [2.24, 2.45) is 4.99 Å². The molecule has 0 N–H and O–H groups in total. The van der Waals surface area contributed by atoms with Gasteiger partial charge in [-0.25, -0.2) is 4.79 Å². The molecule has 2 aliphatic rings. The lowest BCUT2D eigenvalue weighted by molar-refractivity contribution is -0.384. The van der Waals surface area contributed by atoms with E-state index >= 15 is 0 Å². The molecule has 0 bridgehead atoms. The fourth-order valence-corrected chi connectivity index (χ4v) is 4.40. The van der Waals surface area contributed by atoms with Crippen LogP contribution >= 0.6 is 12.2 Å². The maximum absolute atomic E-state index is 12.7. The molecule has 2 aromatic rings. The summed E-state index contributed by atoms with van der Waals surface area (Å²) < 4.78 is 5.88. The van der Waals surface area contributed by atoms with Gasteiger partial charge in [0.2, 0.25) is 0 Å². The average molecular weight is 439 g/mol. The second-order valence-electron chi connectivity index (χ2n) is 7.38. The molecule has 1 spiro atoms. The van der Waals surface area contributed by atoms with Crippen LogP contribution in [0.1, 0.15) is 42.6 Å². The number of carbonyl (C=O) groups excluding carboxylic acids is 1. The number of nitro groups is 1. The lowest BCUT2D eigenvalue weighted by Crippen LogP contribution is -2.46. The molecule has 1 atom stereocenters. The van der Waals surface area contributed by atoms with Gasteiger partial charge in [-0.2, -0.15) is 4.99 Å². The van der Waals surface area contributed by atoms with Crippen LogP contribution in [0.3, 0.4) is 0 Å². The van der Waals surface area contributed by atoms with Crippen molar-refractivity contribution >= 4 is 40.4 Å². The standard InChI is InChI=1S/C22H22N4O4S/c1-3-13-24(14-4-2)19-20(31)25(15-9-11-16(12-10-15)26(28)29)22(23-19)18-8-6-5-7-17(18)21(27)30-22/h5-12H,3-4,13-14H2,1-2H3. The highest BCUT2D eigenvalue weighted by molar-refractivity contribution is 7.82. The van der Waals surface area contributed by atoms with Crippen LogP contribution in [0.2, 0.25) is 0 Å². The summed E-state index contributed by atoms with van der Waals surface area (Å²) in [5.74, 6) is -1.36. The van der Waals surface area contributed by atoms with Gasteiger partial charge in [0.25, 0.3) is 5.69 Å². The molecular weight excluding hydrogens is 416 g/mol. The van der Waals surface area contributed by atoms with Gasteiger partial charge >= 0.3 is 11.8 Å². The van der Waals surface area contributed by atoms with Gasteiger partial charge in [0, 0.05) is 30.9 Å². The molecule has 2 heterocycles. The Hall–Kier alpha value is -3.33. The van der Waals surface area contributed by atoms with Crippen molar-refractivity contribution in [2.75, 3.05) is 18.0 Å². The Morgan fingerprint density at radius 1 is 1.13 bits per heavy atom. The van der Waals surface area contributed by atoms with Crippen LogP contribution in [0.25, 0.3) is 0 Å². The summed E-state index contributed by atoms with van der Waals surface area (Å²) in [6, 6.07) is 13.1. The average Bonchev–Trinajstić information content (AvgIpc) is 3.21. The quantitative estimate of drug-likeness (QED) is 0.288. The van der Waals surface area contributed by atoms with Gasteiger partial charge < -0.3 is 9.64 Å². The normalized spacial score (nSPS) is 19.4. The van der Waals surface area contributed by atoms with Gasteiger partial charge in [0.15, 0.2) is 10.8 Å². The molecule has 1 unspecified atom stereocenters. The van der Waals surface area contributed by atoms with E-state index in [2.05, 4.69) is 18.7 Å². The van der Waals surface area contributed by atoms with Gasteiger partial charge in [-0.3, -0.25) is 15.0 Å². The fourth-order valence-electron chi connectivity index (χ4n) is 4.00. The summed E-state index contributed by atoms with van der Waals surface area (Å²) in [7, 11) is 0. The largest absolute Gasteiger partial charge is 0.409 e. The number of rotatable bonds is 6. The maximum atomic E-state index is 12.7. The van der Waals surface area contributed by atoms with Gasteiger partial charge in [-0.15, -0.1) is 0 Å². The van der Waals surface area contributed by atoms with Crippen molar-refractivity contribution in [3.8, 4) is 0 Å². The number of ether oxygens (including phenoxy) is 1. The molecular formula is C22H22N4O4S. The van der Waals surface area contributed by atoms with E-state index in [-0.39, 0.29) is 5.69 Å². The van der Waals surface area contributed by atoms with Crippen molar-refractivity contribution in [3.05, 3.63) is 69.8 Å². The number of hydrogen-bond acceptors (Lipinski definition) is 7. The highest BCUT2D eigenvalue weighted by Crippen LogP contribution is 2.46. The topological polar surface area (TPSA) is 88.3 Å². The molecule has 0 radical (unpaired) electrons. The molecule has 0 aliphatic carbocycles. The second-order valence-corrected chi connectivity index (χ2v) is 7.77. The van der Waals surface area contributed by atoms with E-state index in [1.165, 1.54) is 12.1 Å². The summed E-state index contributed by atoms with van der Waals surface area (Å²) in [6.45, 7) is 5.67. The highest BCUT2D eigenvalue weighted by Gasteiger charge is 2.57. The molecule has 0 fully saturated rings. The van der Waals surface area contributed by atoms with E-state index in [0.29, 0.717) is 27.6 Å². The SMILES string of the molecule is CCCN(CCC)C1=NC2(OC(=O)c3ccccc32)N(c2ccc([N+](=O)[O-])cc2)C1=S. The maximum Gasteiger partial charge on any atom is 0.342 e. The van der Waals surface area contributed by atoms with Crippen molar-refractivity contribution in [2.45, 2.75) is 32.5 Å². The predicted octanol–water partition coefficient (Wildman–Crippen LogP) is 4.24. The van der Waals surface area contributed by atoms with Crippen molar-refractivity contribution < 1.29 is 14.5 Å². The summed E-state index contributed by atoms with van der Waals surface area (Å²) in [5, 5.41) is 11.1. The first-order valence-electron chi connectivity index (χ1n) is 10.2. The van der Waals surface area contributed by atoms with Gasteiger partial charge in [-0.05, 0) is 37.1 Å². The zero-order valence-electron chi connectivity index (χ0n) is 17.3. The van der Waals surface area contributed by atoms with Crippen LogP contribution in [0.4, 0.5) is 11.4 Å². The first-order valence-corrected chi connectivity index (χ1v) is 10.6. The van der Waals surface area contributed by atoms with E-state index in [1.807, 2.05) is 6.07 Å². The van der Waals surface area contributed by atoms with Crippen molar-refractivity contribution in [3.63, 3.8) is 0 Å². The van der Waals surface area contributed by atoms with Crippen molar-refractivity contribution in [1.82, 2.24) is 4.90 Å². The first kappa shape index (κ1) is 20.9. The molecule has 0 aromatic heterocycles. The first-order chi connectivity index (χ1) is 14.9. The lowest BCUT2D eigenvalue weighted by atomic mass is 10.0. The molecule has 0 amide bonds. The van der Waals surface area contributed by atoms with Crippen LogP contribution in [0.15, 0.2) is 53.5 Å². The summed E-state index contributed by atoms with van der Waals surface area (Å²) in [4.78, 5) is 32.5. The smallest absolute Gasteiger partial charge is 0.342 e. The second kappa shape index (κ2) is 8.07. The predicted molar refractivity (Wildman–Crippen MR) is 121 cm³/mol. The molecule has 0 saturated heterocycles. The Balaban J connectivity index is 1.88. The zero-order valence-corrected chi connectivity index (χ0v) is 18.1. The van der Waals surface area contributed by atoms with Crippen LogP contribution in [0, 0.1) is 10.1 Å². The molecule has 2 aliphatic heterocycles. The van der Waals surface area contributed by atoms with E-state index < -0.39 is 16.7 Å². The number of nitrogens with zero attached hydrogens (tertiary/aromatic N) is 4. The molecule has 31 heavy (non-hydrogen) atoms. The fraction of sp³-hybridized carbons (Fsp3) is 0.318. The van der Waals surface area contributed by atoms with Crippen LogP contribution in [0.5, 0.6) is 0 Å². The van der Waals surface area contributed by atoms with E-state index in [1.54, 1.807) is 35.2 Å². The van der Waals surface area contributed by atoms with Gasteiger partial charge in [0.1, 0.15) is 0 Å². The number of aliphatic imine (C=N–C) groups is 1. The monoisotopic (exact) mass is 438 g/mol. The number of carbonyl (C=O) groups is 1. The molecule has 0 saturated carbocycles. The number of benzene rings is 2. The number of fused-ring (bicyclic) bond motifs is 2. The molecule has 160 valence electrons. The minimum absolute atomic E-state index is 0.0357.